The maximum atomic E-state index is 5.57. The average Bonchev–Trinajstić information content (AvgIpc) is 2.39. The number of anilines is 1. The molecule has 2 N–H and O–H groups in total. The summed E-state index contributed by atoms with van der Waals surface area (Å²) in [6, 6.07) is 2.03. The number of methoxy groups -OCH3 is 1. The fourth-order valence-corrected chi connectivity index (χ4v) is 1.83. The van der Waals surface area contributed by atoms with Gasteiger partial charge in [-0.3, -0.25) is 0 Å². The maximum absolute atomic E-state index is 5.57. The van der Waals surface area contributed by atoms with Crippen molar-refractivity contribution in [2.75, 3.05) is 31.7 Å². The Labute approximate surface area is 120 Å². The predicted octanol–water partition coefficient (Wildman–Crippen LogP) is 1.56. The van der Waals surface area contributed by atoms with Gasteiger partial charge in [0.05, 0.1) is 11.6 Å². The second kappa shape index (κ2) is 8.77. The van der Waals surface area contributed by atoms with Crippen LogP contribution in [0.3, 0.4) is 0 Å². The quantitative estimate of drug-likeness (QED) is 0.693. The minimum atomic E-state index is 0.519. The predicted molar refractivity (Wildman–Crippen MR) is 81.5 cm³/mol. The lowest BCUT2D eigenvalue weighted by Gasteiger charge is -2.23. The Balaban J connectivity index is 2.76. The minimum absolute atomic E-state index is 0.519. The molecule has 0 saturated carbocycles. The number of nitrogens with zero attached hydrogens (tertiary/aromatic N) is 3. The zero-order chi connectivity index (χ0) is 14.1. The summed E-state index contributed by atoms with van der Waals surface area (Å²) < 4.78 is 5.13. The molecule has 1 rings (SSSR count). The van der Waals surface area contributed by atoms with Crippen LogP contribution in [0.1, 0.15) is 25.5 Å². The van der Waals surface area contributed by atoms with Gasteiger partial charge in [0.25, 0.3) is 0 Å². The molecular weight excluding hydrogens is 260 g/mol. The Morgan fingerprint density at radius 2 is 2.21 bits per heavy atom. The summed E-state index contributed by atoms with van der Waals surface area (Å²) in [4.78, 5) is 11.2. The van der Waals surface area contributed by atoms with Gasteiger partial charge in [-0.25, -0.2) is 9.97 Å². The molecule has 1 aromatic rings. The van der Waals surface area contributed by atoms with Crippen LogP contribution in [-0.2, 0) is 11.2 Å². The van der Waals surface area contributed by atoms with Crippen molar-refractivity contribution in [3.05, 3.63) is 18.1 Å². The van der Waals surface area contributed by atoms with Crippen molar-refractivity contribution in [1.82, 2.24) is 9.97 Å². The lowest BCUT2D eigenvalue weighted by molar-refractivity contribution is 0.205. The van der Waals surface area contributed by atoms with Crippen molar-refractivity contribution in [2.45, 2.75) is 26.2 Å². The van der Waals surface area contributed by atoms with Gasteiger partial charge in [-0.05, 0) is 6.42 Å². The van der Waals surface area contributed by atoms with Crippen molar-refractivity contribution < 1.29 is 4.74 Å². The van der Waals surface area contributed by atoms with Crippen molar-refractivity contribution >= 4 is 23.0 Å². The van der Waals surface area contributed by atoms with Gasteiger partial charge in [0.2, 0.25) is 0 Å². The molecule has 0 bridgehead atoms. The molecule has 1 aromatic heterocycles. The largest absolute Gasteiger partial charge is 0.393 e. The monoisotopic (exact) mass is 282 g/mol. The van der Waals surface area contributed by atoms with E-state index in [4.69, 9.17) is 22.7 Å². The lowest BCUT2D eigenvalue weighted by Crippen LogP contribution is -2.31. The highest BCUT2D eigenvalue weighted by Crippen LogP contribution is 2.12. The third kappa shape index (κ3) is 5.94. The van der Waals surface area contributed by atoms with E-state index in [1.54, 1.807) is 13.4 Å². The summed E-state index contributed by atoms with van der Waals surface area (Å²) in [6.07, 6.45) is 4.32. The summed E-state index contributed by atoms with van der Waals surface area (Å²) in [6.45, 7) is 4.30. The summed E-state index contributed by atoms with van der Waals surface area (Å²) >= 11 is 4.93. The number of rotatable bonds is 9. The molecule has 6 heteroatoms. The smallest absolute Gasteiger partial charge is 0.132 e. The number of aromatic nitrogens is 2. The van der Waals surface area contributed by atoms with Gasteiger partial charge >= 0.3 is 0 Å². The first-order valence-electron chi connectivity index (χ1n) is 6.50. The van der Waals surface area contributed by atoms with Gasteiger partial charge in [-0.2, -0.15) is 0 Å². The van der Waals surface area contributed by atoms with Crippen molar-refractivity contribution in [1.29, 1.82) is 0 Å². The van der Waals surface area contributed by atoms with Crippen LogP contribution in [0.5, 0.6) is 0 Å². The van der Waals surface area contributed by atoms with E-state index in [1.807, 2.05) is 6.07 Å². The first-order valence-corrected chi connectivity index (χ1v) is 6.91. The number of thiocarbonyl (C=S) groups is 1. The molecular formula is C13H22N4OS. The Bertz CT molecular complexity index is 400. The second-order valence-corrected chi connectivity index (χ2v) is 4.84. The average molecular weight is 282 g/mol. The van der Waals surface area contributed by atoms with Crippen LogP contribution in [-0.4, -0.2) is 41.8 Å². The maximum Gasteiger partial charge on any atom is 0.132 e. The van der Waals surface area contributed by atoms with E-state index in [-0.39, 0.29) is 0 Å². The van der Waals surface area contributed by atoms with Gasteiger partial charge in [0.1, 0.15) is 12.1 Å². The normalized spacial score (nSPS) is 10.4. The van der Waals surface area contributed by atoms with Crippen LogP contribution in [0, 0.1) is 0 Å². The fraction of sp³-hybridized carbons (Fsp3) is 0.615. The summed E-state index contributed by atoms with van der Waals surface area (Å²) in [5.41, 5.74) is 6.63. The molecule has 0 radical (unpaired) electrons. The molecule has 0 aromatic carbocycles. The van der Waals surface area contributed by atoms with Gasteiger partial charge in [0, 0.05) is 38.4 Å². The first-order chi connectivity index (χ1) is 9.17. The highest BCUT2D eigenvalue weighted by atomic mass is 32.1. The highest BCUT2D eigenvalue weighted by molar-refractivity contribution is 7.80. The Kier molecular flexibility index (Phi) is 7.28. The topological polar surface area (TPSA) is 64.3 Å². The van der Waals surface area contributed by atoms with E-state index in [0.29, 0.717) is 18.0 Å². The molecule has 19 heavy (non-hydrogen) atoms. The Hall–Kier alpha value is -1.27. The van der Waals surface area contributed by atoms with Crippen LogP contribution >= 0.6 is 12.2 Å². The zero-order valence-electron chi connectivity index (χ0n) is 11.6. The van der Waals surface area contributed by atoms with E-state index >= 15 is 0 Å². The molecule has 0 aliphatic rings. The van der Waals surface area contributed by atoms with E-state index < -0.39 is 0 Å². The summed E-state index contributed by atoms with van der Waals surface area (Å²) in [7, 11) is 1.69. The SMILES string of the molecule is CCCc1cc(N(CCOC)CCC(N)=S)ncn1. The number of ether oxygens (including phenoxy) is 1. The zero-order valence-corrected chi connectivity index (χ0v) is 12.4. The van der Waals surface area contributed by atoms with Crippen molar-refractivity contribution in [3.63, 3.8) is 0 Å². The van der Waals surface area contributed by atoms with Crippen molar-refractivity contribution in [2.24, 2.45) is 5.73 Å². The standard InChI is InChI=1S/C13H22N4OS/c1-3-4-11-9-13(16-10-15-11)17(7-8-18-2)6-5-12(14)19/h9-10H,3-8H2,1-2H3,(H2,14,19). The molecule has 0 saturated heterocycles. The van der Waals surface area contributed by atoms with E-state index in [2.05, 4.69) is 21.8 Å². The van der Waals surface area contributed by atoms with Gasteiger partial charge in [-0.15, -0.1) is 0 Å². The van der Waals surface area contributed by atoms with E-state index in [9.17, 15) is 0 Å². The van der Waals surface area contributed by atoms with Gasteiger partial charge in [0.15, 0.2) is 0 Å². The molecule has 106 valence electrons. The number of nitrogens with two attached hydrogens (primary N) is 1. The molecule has 0 aliphatic heterocycles. The Morgan fingerprint density at radius 1 is 1.42 bits per heavy atom. The van der Waals surface area contributed by atoms with Crippen LogP contribution in [0.2, 0.25) is 0 Å². The van der Waals surface area contributed by atoms with Crippen molar-refractivity contribution in [3.8, 4) is 0 Å². The van der Waals surface area contributed by atoms with Crippen LogP contribution in [0.25, 0.3) is 0 Å². The molecule has 0 atom stereocenters. The highest BCUT2D eigenvalue weighted by Gasteiger charge is 2.09. The first kappa shape index (κ1) is 15.8. The van der Waals surface area contributed by atoms with E-state index in [0.717, 1.165) is 37.4 Å². The number of hydrogen-bond donors (Lipinski definition) is 1. The third-order valence-electron chi connectivity index (χ3n) is 2.73. The molecule has 1 heterocycles. The lowest BCUT2D eigenvalue weighted by atomic mass is 10.2. The molecule has 0 amide bonds. The van der Waals surface area contributed by atoms with Gasteiger partial charge in [-0.1, -0.05) is 25.6 Å². The molecule has 0 spiro atoms. The van der Waals surface area contributed by atoms with Crippen LogP contribution in [0.4, 0.5) is 5.82 Å². The second-order valence-electron chi connectivity index (χ2n) is 4.31. The molecule has 0 aliphatic carbocycles. The summed E-state index contributed by atoms with van der Waals surface area (Å²) in [5.74, 6) is 0.909. The molecule has 5 nitrogen and oxygen atoms in total. The van der Waals surface area contributed by atoms with Gasteiger partial charge < -0.3 is 15.4 Å². The van der Waals surface area contributed by atoms with Crippen LogP contribution < -0.4 is 10.6 Å². The number of hydrogen-bond acceptors (Lipinski definition) is 5. The Morgan fingerprint density at radius 3 is 2.84 bits per heavy atom. The minimum Gasteiger partial charge on any atom is -0.393 e. The summed E-state index contributed by atoms with van der Waals surface area (Å²) in [5, 5.41) is 0. The third-order valence-corrected chi connectivity index (χ3v) is 2.94. The van der Waals surface area contributed by atoms with Crippen LogP contribution in [0.15, 0.2) is 12.4 Å². The fourth-order valence-electron chi connectivity index (χ4n) is 1.74. The molecule has 0 fully saturated rings. The van der Waals surface area contributed by atoms with E-state index in [1.165, 1.54) is 0 Å². The number of aryl methyl sites for hydroxylation is 1. The molecule has 0 unspecified atom stereocenters.